The third-order valence-electron chi connectivity index (χ3n) is 3.52. The summed E-state index contributed by atoms with van der Waals surface area (Å²) in [4.78, 5) is 24.9. The Morgan fingerprint density at radius 3 is 2.67 bits per heavy atom. The minimum Gasteiger partial charge on any atom is -0.480 e. The van der Waals surface area contributed by atoms with Crippen molar-refractivity contribution in [2.75, 3.05) is 12.3 Å². The zero-order chi connectivity index (χ0) is 15.2. The molecule has 0 radical (unpaired) electrons. The summed E-state index contributed by atoms with van der Waals surface area (Å²) in [6.45, 7) is 0.553. The molecule has 2 rings (SSSR count). The van der Waals surface area contributed by atoms with Gasteiger partial charge in [-0.2, -0.15) is 0 Å². The lowest BCUT2D eigenvalue weighted by molar-refractivity contribution is -0.150. The van der Waals surface area contributed by atoms with Crippen LogP contribution in [0.4, 0.5) is 0 Å². The first-order valence-corrected chi connectivity index (χ1v) is 8.45. The normalized spacial score (nSPS) is 18.5. The number of amides is 1. The average Bonchev–Trinajstić information content (AvgIpc) is 2.49. The van der Waals surface area contributed by atoms with Crippen molar-refractivity contribution in [1.82, 2.24) is 4.90 Å². The van der Waals surface area contributed by atoms with Gasteiger partial charge in [0.05, 0.1) is 5.75 Å². The van der Waals surface area contributed by atoms with E-state index in [1.54, 1.807) is 0 Å². The van der Waals surface area contributed by atoms with Gasteiger partial charge < -0.3 is 10.0 Å². The summed E-state index contributed by atoms with van der Waals surface area (Å²) in [5, 5.41) is 9.87. The number of piperidine rings is 1. The van der Waals surface area contributed by atoms with E-state index in [0.717, 1.165) is 18.4 Å². The monoisotopic (exact) mass is 327 g/mol. The minimum atomic E-state index is -0.897. The maximum absolute atomic E-state index is 12.2. The van der Waals surface area contributed by atoms with Crippen LogP contribution in [0.2, 0.25) is 5.02 Å². The molecule has 1 heterocycles. The summed E-state index contributed by atoms with van der Waals surface area (Å²) in [5.41, 5.74) is 1.10. The van der Waals surface area contributed by atoms with Crippen LogP contribution in [-0.4, -0.2) is 40.2 Å². The highest BCUT2D eigenvalue weighted by Gasteiger charge is 2.31. The SMILES string of the molecule is O=C(O)[C@H]1CCCCN1C(=O)CSCc1ccc(Cl)cc1. The molecule has 1 aromatic carbocycles. The second kappa shape index (κ2) is 7.71. The van der Waals surface area contributed by atoms with Crippen LogP contribution in [0, 0.1) is 0 Å². The summed E-state index contributed by atoms with van der Waals surface area (Å²) in [5.74, 6) is 0.0489. The van der Waals surface area contributed by atoms with Gasteiger partial charge in [-0.25, -0.2) is 4.79 Å². The molecule has 1 fully saturated rings. The molecule has 1 saturated heterocycles. The molecule has 0 aromatic heterocycles. The second-order valence-electron chi connectivity index (χ2n) is 5.06. The minimum absolute atomic E-state index is 0.0823. The van der Waals surface area contributed by atoms with Gasteiger partial charge in [0, 0.05) is 17.3 Å². The van der Waals surface area contributed by atoms with Crippen LogP contribution >= 0.6 is 23.4 Å². The summed E-state index contributed by atoms with van der Waals surface area (Å²) in [7, 11) is 0. The molecule has 0 aliphatic carbocycles. The first-order valence-electron chi connectivity index (χ1n) is 6.92. The lowest BCUT2D eigenvalue weighted by atomic mass is 10.0. The van der Waals surface area contributed by atoms with Crippen LogP contribution in [0.25, 0.3) is 0 Å². The topological polar surface area (TPSA) is 57.6 Å². The maximum Gasteiger partial charge on any atom is 0.326 e. The third-order valence-corrected chi connectivity index (χ3v) is 4.76. The number of hydrogen-bond donors (Lipinski definition) is 1. The van der Waals surface area contributed by atoms with E-state index in [0.29, 0.717) is 29.5 Å². The summed E-state index contributed by atoms with van der Waals surface area (Å²) < 4.78 is 0. The molecule has 0 saturated carbocycles. The van der Waals surface area contributed by atoms with E-state index >= 15 is 0 Å². The number of likely N-dealkylation sites (tertiary alicyclic amines) is 1. The van der Waals surface area contributed by atoms with Crippen molar-refractivity contribution >= 4 is 35.2 Å². The Balaban J connectivity index is 1.83. The number of carbonyl (C=O) groups excluding carboxylic acids is 1. The predicted octanol–water partition coefficient (Wildman–Crippen LogP) is 3.04. The van der Waals surface area contributed by atoms with Crippen molar-refractivity contribution in [2.45, 2.75) is 31.1 Å². The highest BCUT2D eigenvalue weighted by molar-refractivity contribution is 7.99. The lowest BCUT2D eigenvalue weighted by Gasteiger charge is -2.32. The van der Waals surface area contributed by atoms with E-state index in [4.69, 9.17) is 11.6 Å². The number of carboxylic acid groups (broad SMARTS) is 1. The molecule has 1 aromatic rings. The number of aliphatic carboxylic acids is 1. The van der Waals surface area contributed by atoms with Gasteiger partial charge in [-0.05, 0) is 37.0 Å². The smallest absolute Gasteiger partial charge is 0.326 e. The van der Waals surface area contributed by atoms with E-state index < -0.39 is 12.0 Å². The van der Waals surface area contributed by atoms with E-state index in [1.807, 2.05) is 24.3 Å². The van der Waals surface area contributed by atoms with Gasteiger partial charge in [0.2, 0.25) is 5.91 Å². The average molecular weight is 328 g/mol. The highest BCUT2D eigenvalue weighted by Crippen LogP contribution is 2.20. The Bertz CT molecular complexity index is 506. The van der Waals surface area contributed by atoms with Crippen LogP contribution in [0.15, 0.2) is 24.3 Å². The number of carboxylic acids is 1. The van der Waals surface area contributed by atoms with E-state index in [-0.39, 0.29) is 5.91 Å². The molecule has 1 atom stereocenters. The van der Waals surface area contributed by atoms with Crippen LogP contribution in [0.1, 0.15) is 24.8 Å². The molecule has 0 bridgehead atoms. The first-order chi connectivity index (χ1) is 10.1. The maximum atomic E-state index is 12.2. The van der Waals surface area contributed by atoms with Crippen molar-refractivity contribution in [3.8, 4) is 0 Å². The number of rotatable bonds is 5. The summed E-state index contributed by atoms with van der Waals surface area (Å²) >= 11 is 7.32. The molecule has 6 heteroatoms. The molecule has 114 valence electrons. The predicted molar refractivity (Wildman–Crippen MR) is 84.6 cm³/mol. The van der Waals surface area contributed by atoms with Crippen molar-refractivity contribution in [2.24, 2.45) is 0 Å². The molecule has 1 amide bonds. The van der Waals surface area contributed by atoms with Crippen LogP contribution in [0.5, 0.6) is 0 Å². The van der Waals surface area contributed by atoms with E-state index in [2.05, 4.69) is 0 Å². The van der Waals surface area contributed by atoms with Gasteiger partial charge in [-0.3, -0.25) is 4.79 Å². The number of carbonyl (C=O) groups is 2. The van der Waals surface area contributed by atoms with Gasteiger partial charge in [0.25, 0.3) is 0 Å². The number of benzene rings is 1. The van der Waals surface area contributed by atoms with Crippen molar-refractivity contribution in [3.05, 3.63) is 34.9 Å². The number of halogens is 1. The molecule has 0 spiro atoms. The number of nitrogens with zero attached hydrogens (tertiary/aromatic N) is 1. The van der Waals surface area contributed by atoms with Crippen molar-refractivity contribution in [3.63, 3.8) is 0 Å². The zero-order valence-corrected chi connectivity index (χ0v) is 13.2. The zero-order valence-electron chi connectivity index (χ0n) is 11.6. The fourth-order valence-corrected chi connectivity index (χ4v) is 3.40. The standard InChI is InChI=1S/C15H18ClNO3S/c16-12-6-4-11(5-7-12)9-21-10-14(18)17-8-2-1-3-13(17)15(19)20/h4-7,13H,1-3,8-10H2,(H,19,20)/t13-/m1/s1. The molecule has 1 N–H and O–H groups in total. The van der Waals surface area contributed by atoms with Gasteiger partial charge in [0.15, 0.2) is 0 Å². The van der Waals surface area contributed by atoms with E-state index in [9.17, 15) is 14.7 Å². The van der Waals surface area contributed by atoms with Crippen molar-refractivity contribution in [1.29, 1.82) is 0 Å². The highest BCUT2D eigenvalue weighted by atomic mass is 35.5. The molecular formula is C15H18ClNO3S. The van der Waals surface area contributed by atoms with Gasteiger partial charge >= 0.3 is 5.97 Å². The third kappa shape index (κ3) is 4.64. The Hall–Kier alpha value is -1.20. The van der Waals surface area contributed by atoms with Gasteiger partial charge in [-0.1, -0.05) is 23.7 Å². The quantitative estimate of drug-likeness (QED) is 0.903. The largest absolute Gasteiger partial charge is 0.480 e. The Kier molecular flexibility index (Phi) is 5.94. The molecule has 4 nitrogen and oxygen atoms in total. The molecule has 21 heavy (non-hydrogen) atoms. The molecular weight excluding hydrogens is 310 g/mol. The summed E-state index contributed by atoms with van der Waals surface area (Å²) in [6, 6.07) is 6.86. The Morgan fingerprint density at radius 1 is 1.29 bits per heavy atom. The van der Waals surface area contributed by atoms with Crippen LogP contribution < -0.4 is 0 Å². The first kappa shape index (κ1) is 16.2. The number of hydrogen-bond acceptors (Lipinski definition) is 3. The van der Waals surface area contributed by atoms with Crippen LogP contribution in [0.3, 0.4) is 0 Å². The van der Waals surface area contributed by atoms with Crippen LogP contribution in [-0.2, 0) is 15.3 Å². The second-order valence-corrected chi connectivity index (χ2v) is 6.48. The van der Waals surface area contributed by atoms with Gasteiger partial charge in [0.1, 0.15) is 6.04 Å². The van der Waals surface area contributed by atoms with E-state index in [1.165, 1.54) is 16.7 Å². The van der Waals surface area contributed by atoms with Crippen molar-refractivity contribution < 1.29 is 14.7 Å². The Morgan fingerprint density at radius 2 is 2.00 bits per heavy atom. The molecule has 0 unspecified atom stereocenters. The van der Waals surface area contributed by atoms with Gasteiger partial charge in [-0.15, -0.1) is 11.8 Å². The fraction of sp³-hybridized carbons (Fsp3) is 0.467. The molecule has 1 aliphatic rings. The Labute approximate surface area is 133 Å². The number of thioether (sulfide) groups is 1. The lowest BCUT2D eigenvalue weighted by Crippen LogP contribution is -2.48. The summed E-state index contributed by atoms with van der Waals surface area (Å²) in [6.07, 6.45) is 2.32. The fourth-order valence-electron chi connectivity index (χ4n) is 2.41. The molecule has 1 aliphatic heterocycles.